The molecule has 0 N–H and O–H groups in total. The first-order valence-electron chi connectivity index (χ1n) is 9.88. The molecular formula is C23H30N2O4. The molecule has 1 amide bonds. The number of likely N-dealkylation sites (tertiary alicyclic amines) is 1. The van der Waals surface area contributed by atoms with Crippen molar-refractivity contribution in [1.82, 2.24) is 9.80 Å². The van der Waals surface area contributed by atoms with Gasteiger partial charge in [0, 0.05) is 18.7 Å². The van der Waals surface area contributed by atoms with Crippen LogP contribution in [0.4, 0.5) is 0 Å². The molecule has 0 radical (unpaired) electrons. The third kappa shape index (κ3) is 5.01. The molecule has 1 aliphatic rings. The van der Waals surface area contributed by atoms with Crippen LogP contribution in [0.3, 0.4) is 0 Å². The summed E-state index contributed by atoms with van der Waals surface area (Å²) >= 11 is 0. The van der Waals surface area contributed by atoms with Crippen LogP contribution in [0.5, 0.6) is 17.2 Å². The maximum absolute atomic E-state index is 13.1. The Morgan fingerprint density at radius 3 is 2.38 bits per heavy atom. The number of hydrogen-bond donors (Lipinski definition) is 0. The number of carbonyl (C=O) groups is 1. The van der Waals surface area contributed by atoms with Gasteiger partial charge in [-0.05, 0) is 55.8 Å². The van der Waals surface area contributed by atoms with Gasteiger partial charge in [-0.1, -0.05) is 12.1 Å². The Bertz CT molecular complexity index is 822. The molecule has 0 bridgehead atoms. The molecule has 0 spiro atoms. The molecule has 2 aromatic carbocycles. The number of hydrogen-bond acceptors (Lipinski definition) is 5. The molecule has 1 fully saturated rings. The van der Waals surface area contributed by atoms with Crippen LogP contribution in [0, 0.1) is 0 Å². The van der Waals surface area contributed by atoms with Crippen LogP contribution in [-0.2, 0) is 11.3 Å². The van der Waals surface area contributed by atoms with Gasteiger partial charge in [-0.2, -0.15) is 0 Å². The van der Waals surface area contributed by atoms with E-state index in [4.69, 9.17) is 14.2 Å². The average molecular weight is 399 g/mol. The normalized spacial score (nSPS) is 16.2. The van der Waals surface area contributed by atoms with Crippen LogP contribution in [0.2, 0.25) is 0 Å². The smallest absolute Gasteiger partial charge is 0.237 e. The van der Waals surface area contributed by atoms with Crippen LogP contribution in [0.15, 0.2) is 42.5 Å². The summed E-state index contributed by atoms with van der Waals surface area (Å²) in [5.74, 6) is 2.53. The number of benzene rings is 2. The maximum atomic E-state index is 13.1. The minimum absolute atomic E-state index is 0.0157. The van der Waals surface area contributed by atoms with Crippen molar-refractivity contribution in [3.8, 4) is 17.2 Å². The third-order valence-electron chi connectivity index (χ3n) is 5.39. The van der Waals surface area contributed by atoms with E-state index in [1.54, 1.807) is 21.3 Å². The minimum atomic E-state index is 0.0157. The zero-order valence-corrected chi connectivity index (χ0v) is 17.7. The van der Waals surface area contributed by atoms with Crippen LogP contribution >= 0.6 is 0 Å². The fraction of sp³-hybridized carbons (Fsp3) is 0.435. The Balaban J connectivity index is 1.68. The van der Waals surface area contributed by atoms with Crippen LogP contribution < -0.4 is 14.2 Å². The Labute approximate surface area is 173 Å². The summed E-state index contributed by atoms with van der Waals surface area (Å²) in [6, 6.07) is 13.7. The lowest BCUT2D eigenvalue weighted by Crippen LogP contribution is -2.38. The van der Waals surface area contributed by atoms with Gasteiger partial charge >= 0.3 is 0 Å². The second-order valence-corrected chi connectivity index (χ2v) is 7.37. The highest BCUT2D eigenvalue weighted by atomic mass is 16.5. The predicted molar refractivity (Wildman–Crippen MR) is 113 cm³/mol. The second-order valence-electron chi connectivity index (χ2n) is 7.37. The molecule has 2 aromatic rings. The van der Waals surface area contributed by atoms with Crippen molar-refractivity contribution in [3.05, 3.63) is 53.6 Å². The number of nitrogens with zero attached hydrogens (tertiary/aromatic N) is 2. The minimum Gasteiger partial charge on any atom is -0.497 e. The van der Waals surface area contributed by atoms with E-state index in [2.05, 4.69) is 0 Å². The highest BCUT2D eigenvalue weighted by Gasteiger charge is 2.32. The quantitative estimate of drug-likeness (QED) is 0.681. The van der Waals surface area contributed by atoms with Crippen molar-refractivity contribution in [2.24, 2.45) is 0 Å². The van der Waals surface area contributed by atoms with E-state index >= 15 is 0 Å². The fourth-order valence-corrected chi connectivity index (χ4v) is 3.91. The van der Waals surface area contributed by atoms with Crippen molar-refractivity contribution in [3.63, 3.8) is 0 Å². The lowest BCUT2D eigenvalue weighted by molar-refractivity contribution is -0.133. The number of rotatable bonds is 8. The molecule has 0 aliphatic carbocycles. The summed E-state index contributed by atoms with van der Waals surface area (Å²) in [6.07, 6.45) is 1.91. The van der Waals surface area contributed by atoms with Crippen molar-refractivity contribution < 1.29 is 19.0 Å². The standard InChI is InChI=1S/C23H30N2O4/c1-24(15-17-7-9-18(27-2)10-8-17)16-23(26)25-13-5-6-21(25)20-14-19(28-3)11-12-22(20)29-4/h7-12,14,21H,5-6,13,15-16H2,1-4H3/t21-/m1/s1. The van der Waals surface area contributed by atoms with E-state index in [1.807, 2.05) is 59.3 Å². The van der Waals surface area contributed by atoms with Crippen LogP contribution in [0.1, 0.15) is 30.0 Å². The van der Waals surface area contributed by atoms with Gasteiger partial charge in [-0.25, -0.2) is 0 Å². The molecule has 1 atom stereocenters. The molecule has 6 heteroatoms. The van der Waals surface area contributed by atoms with Gasteiger partial charge in [0.2, 0.25) is 5.91 Å². The molecule has 1 saturated heterocycles. The number of amides is 1. The molecule has 0 unspecified atom stereocenters. The second kappa shape index (κ2) is 9.65. The van der Waals surface area contributed by atoms with Crippen molar-refractivity contribution >= 4 is 5.91 Å². The summed E-state index contributed by atoms with van der Waals surface area (Å²) in [6.45, 7) is 1.84. The SMILES string of the molecule is COc1ccc(CN(C)CC(=O)N2CCC[C@@H]2c2cc(OC)ccc2OC)cc1. The summed E-state index contributed by atoms with van der Waals surface area (Å²) < 4.78 is 16.1. The highest BCUT2D eigenvalue weighted by Crippen LogP contribution is 2.39. The van der Waals surface area contributed by atoms with Gasteiger partial charge in [0.05, 0.1) is 33.9 Å². The Morgan fingerprint density at radius 1 is 1.03 bits per heavy atom. The first-order chi connectivity index (χ1) is 14.0. The molecule has 156 valence electrons. The van der Waals surface area contributed by atoms with E-state index in [9.17, 15) is 4.79 Å². The molecule has 3 rings (SSSR count). The lowest BCUT2D eigenvalue weighted by Gasteiger charge is -2.28. The van der Waals surface area contributed by atoms with Crippen molar-refractivity contribution in [2.45, 2.75) is 25.4 Å². The zero-order valence-electron chi connectivity index (χ0n) is 17.7. The third-order valence-corrected chi connectivity index (χ3v) is 5.39. The number of carbonyl (C=O) groups excluding carboxylic acids is 1. The average Bonchev–Trinajstić information content (AvgIpc) is 3.23. The van der Waals surface area contributed by atoms with Gasteiger partial charge in [0.15, 0.2) is 0 Å². The Hall–Kier alpha value is -2.73. The molecular weight excluding hydrogens is 368 g/mol. The van der Waals surface area contributed by atoms with Gasteiger partial charge in [-0.3, -0.25) is 9.69 Å². The monoisotopic (exact) mass is 398 g/mol. The van der Waals surface area contributed by atoms with Gasteiger partial charge in [-0.15, -0.1) is 0 Å². The molecule has 6 nitrogen and oxygen atoms in total. The number of ether oxygens (including phenoxy) is 3. The van der Waals surface area contributed by atoms with Crippen molar-refractivity contribution in [1.29, 1.82) is 0 Å². The summed E-state index contributed by atoms with van der Waals surface area (Å²) in [5, 5.41) is 0. The maximum Gasteiger partial charge on any atom is 0.237 e. The van der Waals surface area contributed by atoms with E-state index in [1.165, 1.54) is 0 Å². The number of methoxy groups -OCH3 is 3. The summed E-state index contributed by atoms with van der Waals surface area (Å²) in [7, 11) is 6.94. The Kier molecular flexibility index (Phi) is 6.99. The van der Waals surface area contributed by atoms with E-state index in [0.29, 0.717) is 13.1 Å². The molecule has 1 aliphatic heterocycles. The highest BCUT2D eigenvalue weighted by molar-refractivity contribution is 5.79. The van der Waals surface area contributed by atoms with Gasteiger partial charge in [0.1, 0.15) is 17.2 Å². The van der Waals surface area contributed by atoms with Gasteiger partial charge < -0.3 is 19.1 Å². The predicted octanol–water partition coefficient (Wildman–Crippen LogP) is 3.51. The van der Waals surface area contributed by atoms with E-state index < -0.39 is 0 Å². The summed E-state index contributed by atoms with van der Waals surface area (Å²) in [4.78, 5) is 17.1. The molecule has 0 aromatic heterocycles. The van der Waals surface area contributed by atoms with Crippen molar-refractivity contribution in [2.75, 3.05) is 41.5 Å². The topological polar surface area (TPSA) is 51.2 Å². The number of likely N-dealkylation sites (N-methyl/N-ethyl adjacent to an activating group) is 1. The van der Waals surface area contributed by atoms with Crippen LogP contribution in [0.25, 0.3) is 0 Å². The first-order valence-corrected chi connectivity index (χ1v) is 9.88. The summed E-state index contributed by atoms with van der Waals surface area (Å²) in [5.41, 5.74) is 2.16. The van der Waals surface area contributed by atoms with Crippen LogP contribution in [-0.4, -0.2) is 57.2 Å². The van der Waals surface area contributed by atoms with E-state index in [0.717, 1.165) is 47.8 Å². The molecule has 0 saturated carbocycles. The fourth-order valence-electron chi connectivity index (χ4n) is 3.91. The van der Waals surface area contributed by atoms with Gasteiger partial charge in [0.25, 0.3) is 0 Å². The molecule has 1 heterocycles. The molecule has 29 heavy (non-hydrogen) atoms. The van der Waals surface area contributed by atoms with E-state index in [-0.39, 0.29) is 11.9 Å². The zero-order chi connectivity index (χ0) is 20.8. The largest absolute Gasteiger partial charge is 0.497 e. The first kappa shape index (κ1) is 21.0. The lowest BCUT2D eigenvalue weighted by atomic mass is 10.0. The Morgan fingerprint density at radius 2 is 1.72 bits per heavy atom.